The number of piperidine rings is 1. The predicted octanol–water partition coefficient (Wildman–Crippen LogP) is 1.25. The first-order valence-corrected chi connectivity index (χ1v) is 11.0. The molecule has 1 saturated carbocycles. The first-order chi connectivity index (χ1) is 17.2. The molecule has 184 valence electrons. The molecule has 3 atom stereocenters. The third kappa shape index (κ3) is 3.20. The van der Waals surface area contributed by atoms with E-state index in [1.54, 1.807) is 30.3 Å². The highest BCUT2D eigenvalue weighted by molar-refractivity contribution is 5.83. The van der Waals surface area contributed by atoms with Crippen molar-refractivity contribution in [1.82, 2.24) is 24.9 Å². The number of aliphatic carboxylic acids is 1. The number of hydrogen-bond donors (Lipinski definition) is 3. The molecule has 1 aliphatic carbocycles. The van der Waals surface area contributed by atoms with Crippen molar-refractivity contribution in [3.63, 3.8) is 0 Å². The van der Waals surface area contributed by atoms with Crippen molar-refractivity contribution in [2.24, 2.45) is 17.4 Å². The van der Waals surface area contributed by atoms with Gasteiger partial charge in [-0.2, -0.15) is 5.10 Å². The number of rotatable bonds is 6. The second-order valence-electron chi connectivity index (χ2n) is 9.12. The van der Waals surface area contributed by atoms with Crippen LogP contribution < -0.4 is 16.4 Å². The van der Waals surface area contributed by atoms with E-state index in [4.69, 9.17) is 16.0 Å². The minimum absolute atomic E-state index is 0.0275. The summed E-state index contributed by atoms with van der Waals surface area (Å²) >= 11 is 0. The molecule has 4 heterocycles. The second kappa shape index (κ2) is 7.63. The molecule has 0 spiro atoms. The van der Waals surface area contributed by atoms with Crippen LogP contribution in [0.2, 0.25) is 0 Å². The zero-order valence-electron chi connectivity index (χ0n) is 18.7. The standard InChI is InChI=1S/C23H20F2N8O3/c24-13-4-2-1-3-12(13)9-33-17(15-5-6-36-31-15)7-16(30-33)19-28-8-14(25)20(29-19)32-10-22(26)18(21(34)35)23(22,27)11-32/h1-8,18H,9-11,26-27H2,(H,34,35)/t18-,22+,23-. The Labute approximate surface area is 202 Å². The summed E-state index contributed by atoms with van der Waals surface area (Å²) in [6, 6.07) is 9.59. The Morgan fingerprint density at radius 3 is 2.56 bits per heavy atom. The minimum atomic E-state index is -1.18. The van der Waals surface area contributed by atoms with E-state index in [0.29, 0.717) is 22.6 Å². The highest BCUT2D eigenvalue weighted by Gasteiger charge is 2.80. The van der Waals surface area contributed by atoms with Crippen molar-refractivity contribution in [3.8, 4) is 22.9 Å². The SMILES string of the molecule is N[C@@]12CN(c3nc(-c4cc(-c5ccon5)n(Cc5ccccc5F)n4)ncc3F)C[C@]1(N)[C@H]2C(=O)O. The van der Waals surface area contributed by atoms with E-state index >= 15 is 0 Å². The van der Waals surface area contributed by atoms with Gasteiger partial charge in [0.2, 0.25) is 0 Å². The van der Waals surface area contributed by atoms with Gasteiger partial charge < -0.3 is 26.0 Å². The fourth-order valence-corrected chi connectivity index (χ4v) is 5.09. The van der Waals surface area contributed by atoms with Crippen LogP contribution in [0.4, 0.5) is 14.6 Å². The summed E-state index contributed by atoms with van der Waals surface area (Å²) in [7, 11) is 0. The number of nitrogens with zero attached hydrogens (tertiary/aromatic N) is 6. The van der Waals surface area contributed by atoms with Gasteiger partial charge in [-0.05, 0) is 12.1 Å². The molecule has 5 N–H and O–H groups in total. The number of benzene rings is 1. The van der Waals surface area contributed by atoms with Gasteiger partial charge in [0.1, 0.15) is 23.5 Å². The number of halogens is 2. The minimum Gasteiger partial charge on any atom is -0.481 e. The molecule has 0 radical (unpaired) electrons. The number of carboxylic acid groups (broad SMARTS) is 1. The summed E-state index contributed by atoms with van der Waals surface area (Å²) in [5.74, 6) is -3.04. The first kappa shape index (κ1) is 22.2. The number of fused-ring (bicyclic) bond motifs is 1. The fraction of sp³-hybridized carbons (Fsp3) is 0.261. The van der Waals surface area contributed by atoms with E-state index in [0.717, 1.165) is 6.20 Å². The maximum atomic E-state index is 14.8. The number of anilines is 1. The Bertz CT molecular complexity index is 1470. The molecule has 2 aliphatic rings. The third-order valence-electron chi connectivity index (χ3n) is 6.98. The second-order valence-corrected chi connectivity index (χ2v) is 9.12. The van der Waals surface area contributed by atoms with Gasteiger partial charge in [0.25, 0.3) is 0 Å². The number of nitrogens with two attached hydrogens (primary N) is 2. The van der Waals surface area contributed by atoms with E-state index in [2.05, 4.69) is 20.2 Å². The zero-order valence-corrected chi connectivity index (χ0v) is 18.7. The van der Waals surface area contributed by atoms with E-state index in [-0.39, 0.29) is 37.1 Å². The molecule has 2 fully saturated rings. The lowest BCUT2D eigenvalue weighted by molar-refractivity contribution is -0.139. The maximum Gasteiger partial charge on any atom is 0.310 e. The lowest BCUT2D eigenvalue weighted by Crippen LogP contribution is -2.39. The molecule has 4 aromatic rings. The number of carboxylic acids is 1. The number of carbonyl (C=O) groups is 1. The fourth-order valence-electron chi connectivity index (χ4n) is 5.09. The summed E-state index contributed by atoms with van der Waals surface area (Å²) in [5, 5.41) is 17.9. The monoisotopic (exact) mass is 494 g/mol. The molecule has 1 saturated heterocycles. The Morgan fingerprint density at radius 2 is 1.89 bits per heavy atom. The molecule has 0 amide bonds. The normalized spacial score (nSPS) is 24.7. The summed E-state index contributed by atoms with van der Waals surface area (Å²) in [4.78, 5) is 21.5. The summed E-state index contributed by atoms with van der Waals surface area (Å²) in [6.45, 7) is 0.149. The molecule has 13 heteroatoms. The van der Waals surface area contributed by atoms with Crippen LogP contribution in [0.5, 0.6) is 0 Å². The van der Waals surface area contributed by atoms with Crippen molar-refractivity contribution in [3.05, 3.63) is 66.1 Å². The largest absolute Gasteiger partial charge is 0.481 e. The molecular formula is C23H20F2N8O3. The van der Waals surface area contributed by atoms with Gasteiger partial charge in [-0.3, -0.25) is 9.48 Å². The highest BCUT2D eigenvalue weighted by atomic mass is 19.1. The molecule has 0 unspecified atom stereocenters. The van der Waals surface area contributed by atoms with Gasteiger partial charge in [0.15, 0.2) is 17.5 Å². The topological polar surface area (TPSA) is 162 Å². The molecule has 0 bridgehead atoms. The summed E-state index contributed by atoms with van der Waals surface area (Å²) in [6.07, 6.45) is 2.41. The van der Waals surface area contributed by atoms with E-state index in [9.17, 15) is 18.7 Å². The molecule has 3 aromatic heterocycles. The number of aromatic nitrogens is 5. The Hall–Kier alpha value is -4.23. The van der Waals surface area contributed by atoms with Gasteiger partial charge in [-0.1, -0.05) is 23.4 Å². The molecule has 6 rings (SSSR count). The van der Waals surface area contributed by atoms with Crippen molar-refractivity contribution in [2.45, 2.75) is 17.6 Å². The van der Waals surface area contributed by atoms with E-state index < -0.39 is 28.8 Å². The average Bonchev–Trinajstić information content (AvgIpc) is 3.37. The lowest BCUT2D eigenvalue weighted by Gasteiger charge is -2.23. The smallest absolute Gasteiger partial charge is 0.310 e. The van der Waals surface area contributed by atoms with Gasteiger partial charge in [0, 0.05) is 24.7 Å². The van der Waals surface area contributed by atoms with Crippen LogP contribution in [0.25, 0.3) is 22.9 Å². The van der Waals surface area contributed by atoms with Crippen LogP contribution in [0, 0.1) is 17.6 Å². The van der Waals surface area contributed by atoms with Crippen molar-refractivity contribution < 1.29 is 23.2 Å². The highest BCUT2D eigenvalue weighted by Crippen LogP contribution is 2.56. The van der Waals surface area contributed by atoms with Gasteiger partial charge >= 0.3 is 5.97 Å². The third-order valence-corrected chi connectivity index (χ3v) is 6.98. The first-order valence-electron chi connectivity index (χ1n) is 11.0. The molecule has 11 nitrogen and oxygen atoms in total. The number of hydrogen-bond acceptors (Lipinski definition) is 9. The Balaban J connectivity index is 1.36. The van der Waals surface area contributed by atoms with E-state index in [1.165, 1.54) is 21.9 Å². The van der Waals surface area contributed by atoms with Crippen LogP contribution >= 0.6 is 0 Å². The Morgan fingerprint density at radius 1 is 1.14 bits per heavy atom. The van der Waals surface area contributed by atoms with Crippen LogP contribution in [-0.2, 0) is 11.3 Å². The van der Waals surface area contributed by atoms with Crippen LogP contribution in [0.1, 0.15) is 5.56 Å². The molecule has 1 aliphatic heterocycles. The van der Waals surface area contributed by atoms with Crippen LogP contribution in [0.15, 0.2) is 53.4 Å². The van der Waals surface area contributed by atoms with Crippen molar-refractivity contribution in [2.75, 3.05) is 18.0 Å². The molecule has 1 aromatic carbocycles. The van der Waals surface area contributed by atoms with Crippen molar-refractivity contribution >= 4 is 11.8 Å². The van der Waals surface area contributed by atoms with Gasteiger partial charge in [-0.15, -0.1) is 0 Å². The van der Waals surface area contributed by atoms with Gasteiger partial charge in [-0.25, -0.2) is 18.7 Å². The maximum absolute atomic E-state index is 14.8. The van der Waals surface area contributed by atoms with Gasteiger partial charge in [0.05, 0.1) is 35.4 Å². The summed E-state index contributed by atoms with van der Waals surface area (Å²) in [5.41, 5.74) is 11.8. The van der Waals surface area contributed by atoms with Crippen molar-refractivity contribution in [1.29, 1.82) is 0 Å². The Kier molecular flexibility index (Phi) is 4.72. The predicted molar refractivity (Wildman–Crippen MR) is 121 cm³/mol. The average molecular weight is 494 g/mol. The van der Waals surface area contributed by atoms with Crippen LogP contribution in [-0.4, -0.2) is 60.1 Å². The quantitative estimate of drug-likeness (QED) is 0.356. The van der Waals surface area contributed by atoms with Crippen LogP contribution in [0.3, 0.4) is 0 Å². The van der Waals surface area contributed by atoms with E-state index in [1.807, 2.05) is 0 Å². The summed E-state index contributed by atoms with van der Waals surface area (Å²) < 4.78 is 35.6. The molecular weight excluding hydrogens is 474 g/mol. The zero-order chi connectivity index (χ0) is 25.2. The lowest BCUT2D eigenvalue weighted by atomic mass is 10.2. The molecule has 36 heavy (non-hydrogen) atoms.